The van der Waals surface area contributed by atoms with Gasteiger partial charge in [-0.1, -0.05) is 36.4 Å². The molecule has 7 nitrogen and oxygen atoms in total. The number of carbonyl (C=O) groups is 2. The Hall–Kier alpha value is -3.32. The third-order valence-electron chi connectivity index (χ3n) is 6.31. The van der Waals surface area contributed by atoms with E-state index in [0.717, 1.165) is 19.5 Å². The minimum Gasteiger partial charge on any atom is -0.486 e. The molecule has 0 aromatic heterocycles. The number of hydrogen-bond acceptors (Lipinski definition) is 4. The molecule has 0 bridgehead atoms. The number of carbonyl (C=O) groups excluding carboxylic acids is 2. The van der Waals surface area contributed by atoms with Crippen LogP contribution >= 0.6 is 0 Å². The summed E-state index contributed by atoms with van der Waals surface area (Å²) in [5.74, 6) is 1.02. The number of urea groups is 1. The van der Waals surface area contributed by atoms with E-state index >= 15 is 0 Å². The van der Waals surface area contributed by atoms with Crippen molar-refractivity contribution < 1.29 is 24.0 Å². The molecule has 31 heavy (non-hydrogen) atoms. The van der Waals surface area contributed by atoms with Crippen molar-refractivity contribution in [2.24, 2.45) is 0 Å². The average molecular weight is 420 g/mol. The fourth-order valence-corrected chi connectivity index (χ4v) is 4.46. The summed E-state index contributed by atoms with van der Waals surface area (Å²) < 4.78 is 11.2. The maximum Gasteiger partial charge on any atom is 0.329 e. The van der Waals surface area contributed by atoms with Crippen molar-refractivity contribution in [3.05, 3.63) is 65.7 Å². The monoisotopic (exact) mass is 420 g/mol. The van der Waals surface area contributed by atoms with Gasteiger partial charge in [0, 0.05) is 6.42 Å². The molecular weight excluding hydrogens is 394 g/mol. The van der Waals surface area contributed by atoms with E-state index in [9.17, 15) is 9.59 Å². The first-order valence-electron chi connectivity index (χ1n) is 10.7. The molecule has 1 fully saturated rings. The van der Waals surface area contributed by atoms with E-state index in [1.54, 1.807) is 19.1 Å². The Morgan fingerprint density at radius 2 is 1.84 bits per heavy atom. The third kappa shape index (κ3) is 3.55. The first-order valence-corrected chi connectivity index (χ1v) is 10.7. The number of nitrogens with one attached hydrogen (secondary N) is 2. The standard InChI is InChI=1S/C24H25N3O4/c1-24(19-7-8-20-21(15-19)31-14-13-30-20)22(28)27(23(29)25-24)16-26-11-9-18(10-12-26)17-5-3-2-4-6-17/h2-9,15H,10-14,16H2,1H3,(H,25,29)/p+1/t24-/m0/s1. The lowest BCUT2D eigenvalue weighted by molar-refractivity contribution is -0.902. The Morgan fingerprint density at radius 3 is 2.58 bits per heavy atom. The molecule has 0 saturated carbocycles. The summed E-state index contributed by atoms with van der Waals surface area (Å²) in [6, 6.07) is 15.4. The maximum atomic E-state index is 13.3. The van der Waals surface area contributed by atoms with Gasteiger partial charge in [0.2, 0.25) is 0 Å². The van der Waals surface area contributed by atoms with Gasteiger partial charge < -0.3 is 19.7 Å². The number of benzene rings is 2. The highest BCUT2D eigenvalue weighted by Crippen LogP contribution is 2.36. The SMILES string of the molecule is C[C@@]1(c2ccc3c(c2)OCCO3)NC(=O)N(C[NH+]2CC=C(c3ccccc3)CC2)C1=O. The van der Waals surface area contributed by atoms with E-state index in [-0.39, 0.29) is 11.9 Å². The minimum atomic E-state index is -1.12. The lowest BCUT2D eigenvalue weighted by Gasteiger charge is -2.28. The van der Waals surface area contributed by atoms with Crippen molar-refractivity contribution in [3.8, 4) is 11.5 Å². The van der Waals surface area contributed by atoms with Crippen LogP contribution in [0.2, 0.25) is 0 Å². The quantitative estimate of drug-likeness (QED) is 0.737. The maximum absolute atomic E-state index is 13.3. The predicted molar refractivity (Wildman–Crippen MR) is 115 cm³/mol. The second-order valence-electron chi connectivity index (χ2n) is 8.35. The van der Waals surface area contributed by atoms with E-state index in [0.29, 0.717) is 36.9 Å². The van der Waals surface area contributed by atoms with Gasteiger partial charge in [-0.2, -0.15) is 0 Å². The predicted octanol–water partition coefficient (Wildman–Crippen LogP) is 1.55. The summed E-state index contributed by atoms with van der Waals surface area (Å²) in [5.41, 5.74) is 2.13. The Labute approximate surface area is 181 Å². The average Bonchev–Trinajstić information content (AvgIpc) is 3.03. The van der Waals surface area contributed by atoms with Crippen molar-refractivity contribution in [1.82, 2.24) is 10.2 Å². The van der Waals surface area contributed by atoms with Crippen molar-refractivity contribution in [2.75, 3.05) is 33.0 Å². The second-order valence-corrected chi connectivity index (χ2v) is 8.35. The molecule has 2 aromatic rings. The lowest BCUT2D eigenvalue weighted by atomic mass is 9.91. The van der Waals surface area contributed by atoms with E-state index in [2.05, 4.69) is 23.5 Å². The molecule has 3 amide bonds. The van der Waals surface area contributed by atoms with Crippen molar-refractivity contribution in [1.29, 1.82) is 0 Å². The molecule has 0 radical (unpaired) electrons. The van der Waals surface area contributed by atoms with Crippen molar-refractivity contribution in [3.63, 3.8) is 0 Å². The zero-order valence-electron chi connectivity index (χ0n) is 17.5. The van der Waals surface area contributed by atoms with E-state index in [1.165, 1.54) is 20.9 Å². The fourth-order valence-electron chi connectivity index (χ4n) is 4.46. The molecule has 3 aliphatic heterocycles. The molecule has 1 saturated heterocycles. The third-order valence-corrected chi connectivity index (χ3v) is 6.31. The highest BCUT2D eigenvalue weighted by molar-refractivity contribution is 6.07. The van der Waals surface area contributed by atoms with Gasteiger partial charge in [0.25, 0.3) is 5.91 Å². The highest BCUT2D eigenvalue weighted by Gasteiger charge is 2.50. The number of amides is 3. The summed E-state index contributed by atoms with van der Waals surface area (Å²) in [6.45, 7) is 4.73. The van der Waals surface area contributed by atoms with Gasteiger partial charge in [0.05, 0.1) is 13.1 Å². The molecule has 2 aromatic carbocycles. The van der Waals surface area contributed by atoms with Crippen molar-refractivity contribution in [2.45, 2.75) is 18.9 Å². The molecule has 1 unspecified atom stereocenters. The normalized spacial score (nSPS) is 25.3. The Kier molecular flexibility index (Phi) is 4.90. The first-order chi connectivity index (χ1) is 15.0. The molecule has 2 atom stereocenters. The van der Waals surface area contributed by atoms with E-state index in [1.807, 2.05) is 24.3 Å². The number of rotatable bonds is 4. The number of quaternary nitrogens is 1. The minimum absolute atomic E-state index is 0.237. The summed E-state index contributed by atoms with van der Waals surface area (Å²) in [6.07, 6.45) is 3.13. The van der Waals surface area contributed by atoms with Crippen LogP contribution < -0.4 is 19.7 Å². The zero-order chi connectivity index (χ0) is 21.4. The van der Waals surface area contributed by atoms with Crippen LogP contribution in [0.4, 0.5) is 4.79 Å². The summed E-state index contributed by atoms with van der Waals surface area (Å²) in [4.78, 5) is 28.6. The van der Waals surface area contributed by atoms with E-state index in [4.69, 9.17) is 9.47 Å². The van der Waals surface area contributed by atoms with Gasteiger partial charge in [-0.05, 0) is 41.8 Å². The molecule has 5 rings (SSSR count). The Bertz CT molecular complexity index is 1050. The zero-order valence-corrected chi connectivity index (χ0v) is 17.5. The van der Waals surface area contributed by atoms with Crippen LogP contribution in [0.15, 0.2) is 54.6 Å². The van der Waals surface area contributed by atoms with Crippen LogP contribution in [0.1, 0.15) is 24.5 Å². The molecule has 2 N–H and O–H groups in total. The van der Waals surface area contributed by atoms with Crippen LogP contribution in [0.25, 0.3) is 5.57 Å². The van der Waals surface area contributed by atoms with Gasteiger partial charge in [-0.15, -0.1) is 0 Å². The smallest absolute Gasteiger partial charge is 0.329 e. The number of imide groups is 1. The molecule has 0 aliphatic carbocycles. The Balaban J connectivity index is 1.30. The van der Waals surface area contributed by atoms with Gasteiger partial charge in [0.15, 0.2) is 18.2 Å². The molecule has 3 heterocycles. The molecule has 7 heteroatoms. The van der Waals surface area contributed by atoms with Gasteiger partial charge >= 0.3 is 6.03 Å². The number of fused-ring (bicyclic) bond motifs is 1. The fraction of sp³-hybridized carbons (Fsp3) is 0.333. The summed E-state index contributed by atoms with van der Waals surface area (Å²) in [7, 11) is 0. The number of ether oxygens (including phenoxy) is 2. The van der Waals surface area contributed by atoms with Crippen molar-refractivity contribution >= 4 is 17.5 Å². The molecule has 3 aliphatic rings. The largest absolute Gasteiger partial charge is 0.486 e. The lowest BCUT2D eigenvalue weighted by Crippen LogP contribution is -3.14. The van der Waals surface area contributed by atoms with Crippen LogP contribution in [0, 0.1) is 0 Å². The summed E-state index contributed by atoms with van der Waals surface area (Å²) in [5, 5.41) is 2.89. The van der Waals surface area contributed by atoms with Gasteiger partial charge in [-0.25, -0.2) is 9.69 Å². The highest BCUT2D eigenvalue weighted by atomic mass is 16.6. The van der Waals surface area contributed by atoms with Crippen LogP contribution in [-0.4, -0.2) is 49.8 Å². The van der Waals surface area contributed by atoms with Crippen LogP contribution in [0.5, 0.6) is 11.5 Å². The Morgan fingerprint density at radius 1 is 1.06 bits per heavy atom. The van der Waals surface area contributed by atoms with E-state index < -0.39 is 5.54 Å². The first kappa shape index (κ1) is 19.6. The summed E-state index contributed by atoms with van der Waals surface area (Å²) >= 11 is 0. The van der Waals surface area contributed by atoms with Crippen LogP contribution in [0.3, 0.4) is 0 Å². The number of hydrogen-bond donors (Lipinski definition) is 2. The van der Waals surface area contributed by atoms with Crippen LogP contribution in [-0.2, 0) is 10.3 Å². The van der Waals surface area contributed by atoms with Gasteiger partial charge in [-0.3, -0.25) is 4.79 Å². The topological polar surface area (TPSA) is 72.3 Å². The molecule has 160 valence electrons. The van der Waals surface area contributed by atoms with Gasteiger partial charge in [0.1, 0.15) is 18.8 Å². The molecular formula is C24H26N3O4+. The second kappa shape index (κ2) is 7.74. The molecule has 0 spiro atoms. The number of nitrogens with zero attached hydrogens (tertiary/aromatic N) is 1.